The second-order valence-electron chi connectivity index (χ2n) is 6.12. The average molecular weight is 245 g/mol. The first-order valence-corrected chi connectivity index (χ1v) is 6.61. The third-order valence-electron chi connectivity index (χ3n) is 3.02. The highest BCUT2D eigenvalue weighted by Crippen LogP contribution is 2.14. The molecule has 18 heavy (non-hydrogen) atoms. The van der Waals surface area contributed by atoms with Gasteiger partial charge in [0.05, 0.1) is 11.7 Å². The lowest BCUT2D eigenvalue weighted by molar-refractivity contribution is 0.355. The molecule has 98 valence electrons. The van der Waals surface area contributed by atoms with Crippen molar-refractivity contribution in [2.45, 2.75) is 39.8 Å². The van der Waals surface area contributed by atoms with E-state index in [9.17, 15) is 0 Å². The zero-order valence-corrected chi connectivity index (χ0v) is 11.8. The summed E-state index contributed by atoms with van der Waals surface area (Å²) in [7, 11) is 0. The molecule has 1 aromatic heterocycles. The minimum atomic E-state index is 0.181. The van der Waals surface area contributed by atoms with Gasteiger partial charge in [0.1, 0.15) is 0 Å². The van der Waals surface area contributed by atoms with E-state index in [4.69, 9.17) is 0 Å². The Morgan fingerprint density at radius 3 is 2.72 bits per heavy atom. The molecule has 3 heteroatoms. The molecule has 0 saturated carbocycles. The van der Waals surface area contributed by atoms with Crippen molar-refractivity contribution in [2.24, 2.45) is 5.92 Å². The molecule has 0 spiro atoms. The Morgan fingerprint density at radius 2 is 2.00 bits per heavy atom. The Hall–Kier alpha value is -1.35. The van der Waals surface area contributed by atoms with Crippen LogP contribution in [-0.2, 0) is 6.54 Å². The van der Waals surface area contributed by atoms with Gasteiger partial charge < -0.3 is 5.32 Å². The molecule has 2 aromatic rings. The van der Waals surface area contributed by atoms with Crippen molar-refractivity contribution in [2.75, 3.05) is 6.54 Å². The summed E-state index contributed by atoms with van der Waals surface area (Å²) in [6, 6.07) is 8.36. The largest absolute Gasteiger partial charge is 0.312 e. The van der Waals surface area contributed by atoms with Gasteiger partial charge >= 0.3 is 0 Å². The molecule has 1 atom stereocenters. The van der Waals surface area contributed by atoms with Crippen LogP contribution in [0.2, 0.25) is 0 Å². The van der Waals surface area contributed by atoms with Crippen LogP contribution >= 0.6 is 0 Å². The van der Waals surface area contributed by atoms with Gasteiger partial charge in [-0.1, -0.05) is 25.1 Å². The summed E-state index contributed by atoms with van der Waals surface area (Å²) in [5.41, 5.74) is 1.40. The van der Waals surface area contributed by atoms with Crippen LogP contribution in [0.25, 0.3) is 10.9 Å². The van der Waals surface area contributed by atoms with Gasteiger partial charge in [0.15, 0.2) is 0 Å². The maximum atomic E-state index is 4.47. The third-order valence-corrected chi connectivity index (χ3v) is 3.02. The third kappa shape index (κ3) is 3.33. The zero-order chi connectivity index (χ0) is 13.2. The van der Waals surface area contributed by atoms with E-state index in [-0.39, 0.29) is 5.54 Å². The summed E-state index contributed by atoms with van der Waals surface area (Å²) in [5, 5.41) is 9.23. The van der Waals surface area contributed by atoms with E-state index in [1.807, 2.05) is 6.20 Å². The molecule has 0 saturated heterocycles. The number of nitrogens with zero attached hydrogens (tertiary/aromatic N) is 2. The first-order chi connectivity index (χ1) is 8.46. The highest BCUT2D eigenvalue weighted by molar-refractivity contribution is 5.78. The van der Waals surface area contributed by atoms with Gasteiger partial charge in [-0.15, -0.1) is 0 Å². The Labute approximate surface area is 109 Å². The number of nitrogens with one attached hydrogen (secondary N) is 1. The van der Waals surface area contributed by atoms with Gasteiger partial charge in [-0.3, -0.25) is 4.68 Å². The van der Waals surface area contributed by atoms with E-state index < -0.39 is 0 Å². The van der Waals surface area contributed by atoms with E-state index in [0.29, 0.717) is 5.92 Å². The molecule has 0 aliphatic carbocycles. The number of rotatable bonds is 4. The van der Waals surface area contributed by atoms with Crippen LogP contribution in [0.4, 0.5) is 0 Å². The van der Waals surface area contributed by atoms with Gasteiger partial charge in [-0.2, -0.15) is 5.10 Å². The smallest absolute Gasteiger partial charge is 0.0682 e. The second-order valence-corrected chi connectivity index (χ2v) is 6.12. The maximum absolute atomic E-state index is 4.47. The predicted octanol–water partition coefficient (Wildman–Crippen LogP) is 3.06. The van der Waals surface area contributed by atoms with Crippen molar-refractivity contribution in [3.05, 3.63) is 30.5 Å². The fraction of sp³-hybridized carbons (Fsp3) is 0.533. The van der Waals surface area contributed by atoms with Crippen LogP contribution < -0.4 is 5.32 Å². The number of hydrogen-bond acceptors (Lipinski definition) is 2. The molecule has 0 aliphatic rings. The fourth-order valence-corrected chi connectivity index (χ4v) is 2.01. The van der Waals surface area contributed by atoms with Gasteiger partial charge in [0.25, 0.3) is 0 Å². The summed E-state index contributed by atoms with van der Waals surface area (Å²) in [6.45, 7) is 10.8. The number of fused-ring (bicyclic) bond motifs is 1. The molecular weight excluding hydrogens is 222 g/mol. The molecule has 3 nitrogen and oxygen atoms in total. The topological polar surface area (TPSA) is 29.9 Å². The number of aromatic nitrogens is 2. The van der Waals surface area contributed by atoms with E-state index in [1.54, 1.807) is 0 Å². The first kappa shape index (κ1) is 13.1. The molecule has 1 aromatic carbocycles. The van der Waals surface area contributed by atoms with E-state index in [1.165, 1.54) is 10.9 Å². The van der Waals surface area contributed by atoms with Crippen molar-refractivity contribution in [1.82, 2.24) is 15.1 Å². The van der Waals surface area contributed by atoms with Gasteiger partial charge in [-0.25, -0.2) is 0 Å². The van der Waals surface area contributed by atoms with Crippen LogP contribution in [0.5, 0.6) is 0 Å². The Bertz CT molecular complexity index is 508. The molecule has 1 N–H and O–H groups in total. The summed E-state index contributed by atoms with van der Waals surface area (Å²) in [5.74, 6) is 0.563. The van der Waals surface area contributed by atoms with Crippen molar-refractivity contribution in [1.29, 1.82) is 0 Å². The molecule has 0 fully saturated rings. The van der Waals surface area contributed by atoms with E-state index >= 15 is 0 Å². The molecule has 0 bridgehead atoms. The van der Waals surface area contributed by atoms with Crippen molar-refractivity contribution < 1.29 is 0 Å². The van der Waals surface area contributed by atoms with E-state index in [0.717, 1.165) is 13.1 Å². The minimum absolute atomic E-state index is 0.181. The maximum Gasteiger partial charge on any atom is 0.0682 e. The molecule has 2 rings (SSSR count). The average Bonchev–Trinajstić information content (AvgIpc) is 2.70. The number of benzene rings is 1. The summed E-state index contributed by atoms with van der Waals surface area (Å²) in [6.07, 6.45) is 1.94. The molecule has 0 radical (unpaired) electrons. The van der Waals surface area contributed by atoms with Gasteiger partial charge in [-0.05, 0) is 39.3 Å². The van der Waals surface area contributed by atoms with E-state index in [2.05, 4.69) is 67.1 Å². The van der Waals surface area contributed by atoms with Gasteiger partial charge in [0, 0.05) is 17.5 Å². The van der Waals surface area contributed by atoms with Crippen LogP contribution in [0, 0.1) is 5.92 Å². The van der Waals surface area contributed by atoms with Gasteiger partial charge in [0.2, 0.25) is 0 Å². The minimum Gasteiger partial charge on any atom is -0.312 e. The lowest BCUT2D eigenvalue weighted by atomic mass is 10.1. The molecule has 0 aliphatic heterocycles. The van der Waals surface area contributed by atoms with Crippen LogP contribution in [0.15, 0.2) is 30.5 Å². The SMILES string of the molecule is CC(CNC(C)(C)C)Cn1ncc2ccccc21. The predicted molar refractivity (Wildman–Crippen MR) is 76.7 cm³/mol. The van der Waals surface area contributed by atoms with Crippen molar-refractivity contribution in [3.63, 3.8) is 0 Å². The Balaban J connectivity index is 2.01. The number of hydrogen-bond donors (Lipinski definition) is 1. The van der Waals surface area contributed by atoms with Crippen molar-refractivity contribution in [3.8, 4) is 0 Å². The lowest BCUT2D eigenvalue weighted by Crippen LogP contribution is -2.39. The first-order valence-electron chi connectivity index (χ1n) is 6.61. The standard InChI is InChI=1S/C15H23N3/c1-12(9-16-15(2,3)4)11-18-14-8-6-5-7-13(14)10-17-18/h5-8,10,12,16H,9,11H2,1-4H3. The van der Waals surface area contributed by atoms with Crippen molar-refractivity contribution >= 4 is 10.9 Å². The molecule has 0 amide bonds. The van der Waals surface area contributed by atoms with Crippen LogP contribution in [-0.4, -0.2) is 21.9 Å². The highest BCUT2D eigenvalue weighted by atomic mass is 15.3. The Kier molecular flexibility index (Phi) is 3.71. The summed E-state index contributed by atoms with van der Waals surface area (Å²) >= 11 is 0. The lowest BCUT2D eigenvalue weighted by Gasteiger charge is -2.23. The second kappa shape index (κ2) is 5.11. The fourth-order valence-electron chi connectivity index (χ4n) is 2.01. The Morgan fingerprint density at radius 1 is 1.28 bits per heavy atom. The zero-order valence-electron chi connectivity index (χ0n) is 11.8. The summed E-state index contributed by atoms with van der Waals surface area (Å²) in [4.78, 5) is 0. The van der Waals surface area contributed by atoms with Crippen LogP contribution in [0.3, 0.4) is 0 Å². The number of para-hydroxylation sites is 1. The molecule has 1 unspecified atom stereocenters. The summed E-state index contributed by atoms with van der Waals surface area (Å²) < 4.78 is 2.10. The monoisotopic (exact) mass is 245 g/mol. The molecular formula is C15H23N3. The normalized spacial score (nSPS) is 14.0. The van der Waals surface area contributed by atoms with Crippen LogP contribution in [0.1, 0.15) is 27.7 Å². The molecule has 1 heterocycles. The quantitative estimate of drug-likeness (QED) is 0.897. The highest BCUT2D eigenvalue weighted by Gasteiger charge is 2.12.